The summed E-state index contributed by atoms with van der Waals surface area (Å²) in [6.07, 6.45) is 2.74. The maximum atomic E-state index is 12.7. The van der Waals surface area contributed by atoms with Gasteiger partial charge < -0.3 is 19.1 Å². The molecule has 10 heteroatoms. The first-order valence-corrected chi connectivity index (χ1v) is 10.7. The number of anilines is 2. The van der Waals surface area contributed by atoms with Crippen molar-refractivity contribution in [3.05, 3.63) is 24.5 Å². The van der Waals surface area contributed by atoms with Crippen LogP contribution in [-0.2, 0) is 21.8 Å². The minimum atomic E-state index is -3.81. The van der Waals surface area contributed by atoms with Crippen LogP contribution in [0.5, 0.6) is 11.5 Å². The smallest absolute Gasteiger partial charge is 0.265 e. The summed E-state index contributed by atoms with van der Waals surface area (Å²) < 4.78 is 46.5. The molecule has 154 valence electrons. The number of nitrogens with zero attached hydrogens (tertiary/aromatic N) is 3. The minimum absolute atomic E-state index is 0.0765. The van der Waals surface area contributed by atoms with Gasteiger partial charge in [-0.05, 0) is 13.8 Å². The molecule has 9 nitrogen and oxygen atoms in total. The van der Waals surface area contributed by atoms with Crippen LogP contribution in [0.3, 0.4) is 0 Å². The molecule has 1 saturated heterocycles. The Bertz CT molecular complexity index is 907. The molecule has 0 atom stereocenters. The van der Waals surface area contributed by atoms with Crippen molar-refractivity contribution in [2.75, 3.05) is 49.1 Å². The Morgan fingerprint density at radius 3 is 2.43 bits per heavy atom. The predicted molar refractivity (Wildman–Crippen MR) is 106 cm³/mol. The first-order valence-electron chi connectivity index (χ1n) is 9.22. The summed E-state index contributed by atoms with van der Waals surface area (Å²) in [6, 6.07) is 3.49. The number of aromatic nitrogens is 2. The standard InChI is InChI=1S/C18H26N4O5S/c1-4-26-17-11-16(22-6-8-25-9-7-22)18(27-5-2)10-15(17)20-28(23,24)14-12-19-21(3)13-14/h10-13,20H,4-9H2,1-3H3. The zero-order chi connectivity index (χ0) is 20.1. The van der Waals surface area contributed by atoms with Gasteiger partial charge in [0.1, 0.15) is 16.4 Å². The highest BCUT2D eigenvalue weighted by Crippen LogP contribution is 2.40. The highest BCUT2D eigenvalue weighted by molar-refractivity contribution is 7.92. The number of rotatable bonds is 8. The lowest BCUT2D eigenvalue weighted by molar-refractivity contribution is 0.122. The monoisotopic (exact) mass is 410 g/mol. The highest BCUT2D eigenvalue weighted by atomic mass is 32.2. The van der Waals surface area contributed by atoms with Gasteiger partial charge in [-0.3, -0.25) is 9.40 Å². The van der Waals surface area contributed by atoms with Crippen molar-refractivity contribution in [3.8, 4) is 11.5 Å². The number of aryl methyl sites for hydroxylation is 1. The van der Waals surface area contributed by atoms with Crippen LogP contribution in [0, 0.1) is 0 Å². The van der Waals surface area contributed by atoms with Gasteiger partial charge in [0.05, 0.1) is 44.0 Å². The average Bonchev–Trinajstić information content (AvgIpc) is 3.12. The zero-order valence-corrected chi connectivity index (χ0v) is 17.2. The van der Waals surface area contributed by atoms with Crippen molar-refractivity contribution in [1.82, 2.24) is 9.78 Å². The lowest BCUT2D eigenvalue weighted by atomic mass is 10.2. The van der Waals surface area contributed by atoms with E-state index >= 15 is 0 Å². The second-order valence-electron chi connectivity index (χ2n) is 6.24. The third kappa shape index (κ3) is 4.50. The van der Waals surface area contributed by atoms with Gasteiger partial charge in [-0.1, -0.05) is 0 Å². The maximum absolute atomic E-state index is 12.7. The fourth-order valence-electron chi connectivity index (χ4n) is 2.97. The van der Waals surface area contributed by atoms with Crippen molar-refractivity contribution in [3.63, 3.8) is 0 Å². The van der Waals surface area contributed by atoms with Gasteiger partial charge in [0.25, 0.3) is 10.0 Å². The normalized spacial score (nSPS) is 14.8. The molecule has 1 aliphatic heterocycles. The van der Waals surface area contributed by atoms with Crippen molar-refractivity contribution in [2.45, 2.75) is 18.7 Å². The molecule has 1 fully saturated rings. The molecule has 1 aromatic carbocycles. The summed E-state index contributed by atoms with van der Waals surface area (Å²) in [5.74, 6) is 1.04. The first-order chi connectivity index (χ1) is 13.4. The molecular formula is C18H26N4O5S. The van der Waals surface area contributed by atoms with E-state index in [9.17, 15) is 8.42 Å². The quantitative estimate of drug-likeness (QED) is 0.710. The second kappa shape index (κ2) is 8.70. The molecule has 0 radical (unpaired) electrons. The van der Waals surface area contributed by atoms with Gasteiger partial charge >= 0.3 is 0 Å². The van der Waals surface area contributed by atoms with Crippen LogP contribution < -0.4 is 19.1 Å². The molecule has 0 amide bonds. The lowest BCUT2D eigenvalue weighted by Gasteiger charge is -2.31. The fourth-order valence-corrected chi connectivity index (χ4v) is 4.01. The largest absolute Gasteiger partial charge is 0.492 e. The topological polar surface area (TPSA) is 94.9 Å². The van der Waals surface area contributed by atoms with Crippen molar-refractivity contribution in [2.24, 2.45) is 7.05 Å². The van der Waals surface area contributed by atoms with Gasteiger partial charge in [0, 0.05) is 38.5 Å². The van der Waals surface area contributed by atoms with Crippen LogP contribution in [0.25, 0.3) is 0 Å². The van der Waals surface area contributed by atoms with E-state index in [1.807, 2.05) is 19.9 Å². The Hall–Kier alpha value is -2.46. The van der Waals surface area contributed by atoms with Crippen LogP contribution in [0.4, 0.5) is 11.4 Å². The van der Waals surface area contributed by atoms with E-state index in [1.165, 1.54) is 17.1 Å². The minimum Gasteiger partial charge on any atom is -0.492 e. The molecule has 0 saturated carbocycles. The Kier molecular flexibility index (Phi) is 6.30. The molecule has 2 heterocycles. The van der Waals surface area contributed by atoms with E-state index < -0.39 is 10.0 Å². The highest BCUT2D eigenvalue weighted by Gasteiger charge is 2.23. The van der Waals surface area contributed by atoms with E-state index in [-0.39, 0.29) is 4.90 Å². The number of hydrogen-bond acceptors (Lipinski definition) is 7. The van der Waals surface area contributed by atoms with E-state index in [2.05, 4.69) is 14.7 Å². The van der Waals surface area contributed by atoms with Gasteiger partial charge in [-0.15, -0.1) is 0 Å². The third-order valence-corrected chi connectivity index (χ3v) is 5.57. The lowest BCUT2D eigenvalue weighted by Crippen LogP contribution is -2.36. The van der Waals surface area contributed by atoms with E-state index in [1.54, 1.807) is 13.1 Å². The van der Waals surface area contributed by atoms with Crippen LogP contribution in [0.1, 0.15) is 13.8 Å². The number of nitrogens with one attached hydrogen (secondary N) is 1. The molecule has 3 rings (SSSR count). The number of benzene rings is 1. The SMILES string of the molecule is CCOc1cc(N2CCOCC2)c(OCC)cc1NS(=O)(=O)c1cnn(C)c1. The van der Waals surface area contributed by atoms with Crippen LogP contribution in [0.15, 0.2) is 29.4 Å². The Labute approximate surface area is 165 Å². The van der Waals surface area contributed by atoms with Crippen molar-refractivity contribution < 1.29 is 22.6 Å². The van der Waals surface area contributed by atoms with Gasteiger partial charge in [0.2, 0.25) is 0 Å². The second-order valence-corrected chi connectivity index (χ2v) is 7.92. The molecule has 0 unspecified atom stereocenters. The summed E-state index contributed by atoms with van der Waals surface area (Å²) in [7, 11) is -2.14. The summed E-state index contributed by atoms with van der Waals surface area (Å²) in [5.41, 5.74) is 1.18. The van der Waals surface area contributed by atoms with E-state index in [4.69, 9.17) is 14.2 Å². The first kappa shape index (κ1) is 20.3. The number of sulfonamides is 1. The molecule has 0 spiro atoms. The van der Waals surface area contributed by atoms with Crippen LogP contribution in [0.2, 0.25) is 0 Å². The summed E-state index contributed by atoms with van der Waals surface area (Å²) in [4.78, 5) is 2.23. The fraction of sp³-hybridized carbons (Fsp3) is 0.500. The summed E-state index contributed by atoms with van der Waals surface area (Å²) in [6.45, 7) is 7.32. The molecule has 2 aromatic rings. The zero-order valence-electron chi connectivity index (χ0n) is 16.3. The summed E-state index contributed by atoms with van der Waals surface area (Å²) >= 11 is 0. The van der Waals surface area contributed by atoms with Gasteiger partial charge in [-0.25, -0.2) is 8.42 Å². The van der Waals surface area contributed by atoms with Crippen molar-refractivity contribution in [1.29, 1.82) is 0 Å². The Morgan fingerprint density at radius 2 is 1.82 bits per heavy atom. The van der Waals surface area contributed by atoms with Crippen LogP contribution >= 0.6 is 0 Å². The van der Waals surface area contributed by atoms with E-state index in [0.29, 0.717) is 43.6 Å². The molecule has 28 heavy (non-hydrogen) atoms. The molecule has 1 N–H and O–H groups in total. The molecule has 1 aliphatic rings. The third-order valence-electron chi connectivity index (χ3n) is 4.25. The Morgan fingerprint density at radius 1 is 1.14 bits per heavy atom. The number of morpholine rings is 1. The molecule has 0 aliphatic carbocycles. The maximum Gasteiger partial charge on any atom is 0.265 e. The molecule has 0 bridgehead atoms. The van der Waals surface area contributed by atoms with E-state index in [0.717, 1.165) is 18.8 Å². The van der Waals surface area contributed by atoms with Gasteiger partial charge in [-0.2, -0.15) is 5.10 Å². The average molecular weight is 410 g/mol. The Balaban J connectivity index is 2.00. The van der Waals surface area contributed by atoms with Gasteiger partial charge in [0.15, 0.2) is 0 Å². The van der Waals surface area contributed by atoms with Crippen molar-refractivity contribution >= 4 is 21.4 Å². The predicted octanol–water partition coefficient (Wildman–Crippen LogP) is 1.85. The number of hydrogen-bond donors (Lipinski definition) is 1. The number of ether oxygens (including phenoxy) is 3. The molecular weight excluding hydrogens is 384 g/mol. The summed E-state index contributed by atoms with van der Waals surface area (Å²) in [5, 5.41) is 3.93. The van der Waals surface area contributed by atoms with Crippen LogP contribution in [-0.4, -0.2) is 57.7 Å². The molecule has 1 aromatic heterocycles.